The molecule has 0 bridgehead atoms. The van der Waals surface area contributed by atoms with Gasteiger partial charge in [-0.1, -0.05) is 6.92 Å². The third-order valence-electron chi connectivity index (χ3n) is 3.94. The Balaban J connectivity index is 2.38. The molecule has 1 aliphatic rings. The standard InChI is InChI=1S/C15H21N3O4/c1-4-16(2)10-15(19)17-7-5-6-11-8-14(22-3)13(18(20)21)9-12(11)17/h8-9H,4-7,10H2,1-3H3. The lowest BCUT2D eigenvalue weighted by atomic mass is 10.0. The third-order valence-corrected chi connectivity index (χ3v) is 3.94. The first-order valence-corrected chi connectivity index (χ1v) is 7.32. The van der Waals surface area contributed by atoms with Gasteiger partial charge in [0, 0.05) is 12.6 Å². The number of ether oxygens (including phenoxy) is 1. The van der Waals surface area contributed by atoms with Gasteiger partial charge in [0.25, 0.3) is 0 Å². The van der Waals surface area contributed by atoms with Crippen molar-refractivity contribution in [2.24, 2.45) is 0 Å². The van der Waals surface area contributed by atoms with E-state index in [-0.39, 0.29) is 17.3 Å². The topological polar surface area (TPSA) is 75.9 Å². The number of nitro benzene ring substituents is 1. The van der Waals surface area contributed by atoms with E-state index in [0.29, 0.717) is 18.8 Å². The van der Waals surface area contributed by atoms with E-state index >= 15 is 0 Å². The first kappa shape index (κ1) is 16.2. The molecular formula is C15H21N3O4. The van der Waals surface area contributed by atoms with E-state index in [4.69, 9.17) is 4.74 Å². The zero-order valence-corrected chi connectivity index (χ0v) is 13.2. The summed E-state index contributed by atoms with van der Waals surface area (Å²) in [5.74, 6) is 0.202. The van der Waals surface area contributed by atoms with Crippen LogP contribution >= 0.6 is 0 Å². The number of carbonyl (C=O) groups excluding carboxylic acids is 1. The minimum atomic E-state index is -0.478. The van der Waals surface area contributed by atoms with Gasteiger partial charge in [-0.15, -0.1) is 0 Å². The van der Waals surface area contributed by atoms with Crippen molar-refractivity contribution >= 4 is 17.3 Å². The lowest BCUT2D eigenvalue weighted by Crippen LogP contribution is -2.41. The number of nitrogens with zero attached hydrogens (tertiary/aromatic N) is 3. The SMILES string of the molecule is CCN(C)CC(=O)N1CCCc2cc(OC)c([N+](=O)[O-])cc21. The number of methoxy groups -OCH3 is 1. The number of likely N-dealkylation sites (N-methyl/N-ethyl adjacent to an activating group) is 1. The van der Waals surface area contributed by atoms with Crippen LogP contribution in [-0.4, -0.2) is 49.5 Å². The molecule has 0 saturated heterocycles. The summed E-state index contributed by atoms with van der Waals surface area (Å²) in [7, 11) is 3.29. The van der Waals surface area contributed by atoms with Gasteiger partial charge in [0.1, 0.15) is 0 Å². The molecule has 1 aromatic rings. The average molecular weight is 307 g/mol. The second-order valence-corrected chi connectivity index (χ2v) is 5.39. The zero-order valence-electron chi connectivity index (χ0n) is 13.2. The monoisotopic (exact) mass is 307 g/mol. The molecule has 7 nitrogen and oxygen atoms in total. The van der Waals surface area contributed by atoms with Crippen LogP contribution in [0, 0.1) is 10.1 Å². The predicted octanol–water partition coefficient (Wildman–Crippen LogP) is 1.83. The van der Waals surface area contributed by atoms with E-state index < -0.39 is 4.92 Å². The first-order valence-electron chi connectivity index (χ1n) is 7.32. The minimum Gasteiger partial charge on any atom is -0.490 e. The van der Waals surface area contributed by atoms with Crippen molar-refractivity contribution in [3.8, 4) is 5.75 Å². The van der Waals surface area contributed by atoms with Crippen LogP contribution in [0.4, 0.5) is 11.4 Å². The van der Waals surface area contributed by atoms with Crippen LogP contribution < -0.4 is 9.64 Å². The van der Waals surface area contributed by atoms with Gasteiger partial charge < -0.3 is 9.64 Å². The normalized spacial score (nSPS) is 13.9. The lowest BCUT2D eigenvalue weighted by Gasteiger charge is -2.31. The molecular weight excluding hydrogens is 286 g/mol. The number of carbonyl (C=O) groups is 1. The fourth-order valence-electron chi connectivity index (χ4n) is 2.59. The molecule has 1 heterocycles. The average Bonchev–Trinajstić information content (AvgIpc) is 2.52. The first-order chi connectivity index (χ1) is 10.5. The summed E-state index contributed by atoms with van der Waals surface area (Å²) in [6, 6.07) is 3.13. The van der Waals surface area contributed by atoms with Gasteiger partial charge in [-0.05, 0) is 38.1 Å². The van der Waals surface area contributed by atoms with Gasteiger partial charge in [-0.3, -0.25) is 19.8 Å². The molecule has 0 aliphatic carbocycles. The highest BCUT2D eigenvalue weighted by Gasteiger charge is 2.28. The summed E-state index contributed by atoms with van der Waals surface area (Å²) in [6.45, 7) is 3.64. The van der Waals surface area contributed by atoms with Gasteiger partial charge in [0.05, 0.1) is 24.3 Å². The number of hydrogen-bond donors (Lipinski definition) is 0. The molecule has 0 atom stereocenters. The minimum absolute atomic E-state index is 0.0373. The van der Waals surface area contributed by atoms with E-state index in [1.54, 1.807) is 11.0 Å². The molecule has 0 fully saturated rings. The molecule has 22 heavy (non-hydrogen) atoms. The fraction of sp³-hybridized carbons (Fsp3) is 0.533. The molecule has 0 radical (unpaired) electrons. The molecule has 1 aromatic carbocycles. The Morgan fingerprint density at radius 1 is 1.50 bits per heavy atom. The molecule has 1 aliphatic heterocycles. The van der Waals surface area contributed by atoms with Crippen LogP contribution in [0.3, 0.4) is 0 Å². The van der Waals surface area contributed by atoms with Crippen molar-refractivity contribution in [3.63, 3.8) is 0 Å². The van der Waals surface area contributed by atoms with Crippen LogP contribution in [0.5, 0.6) is 5.75 Å². The Morgan fingerprint density at radius 2 is 2.23 bits per heavy atom. The molecule has 0 N–H and O–H groups in total. The van der Waals surface area contributed by atoms with Crippen molar-refractivity contribution in [2.75, 3.05) is 38.7 Å². The van der Waals surface area contributed by atoms with Crippen molar-refractivity contribution in [1.82, 2.24) is 4.90 Å². The summed E-state index contributed by atoms with van der Waals surface area (Å²) in [6.07, 6.45) is 1.63. The fourth-order valence-corrected chi connectivity index (χ4v) is 2.59. The van der Waals surface area contributed by atoms with E-state index in [0.717, 1.165) is 24.9 Å². The predicted molar refractivity (Wildman–Crippen MR) is 83.5 cm³/mol. The molecule has 0 saturated carbocycles. The Hall–Kier alpha value is -2.15. The lowest BCUT2D eigenvalue weighted by molar-refractivity contribution is -0.385. The summed E-state index contributed by atoms with van der Waals surface area (Å²) in [4.78, 5) is 26.7. The Bertz CT molecular complexity index is 588. The second-order valence-electron chi connectivity index (χ2n) is 5.39. The number of nitro groups is 1. The van der Waals surface area contributed by atoms with Gasteiger partial charge >= 0.3 is 5.69 Å². The Kier molecular flexibility index (Phi) is 4.97. The molecule has 7 heteroatoms. The van der Waals surface area contributed by atoms with Crippen molar-refractivity contribution < 1.29 is 14.5 Å². The van der Waals surface area contributed by atoms with Gasteiger partial charge in [-0.25, -0.2) is 0 Å². The highest BCUT2D eigenvalue weighted by molar-refractivity contribution is 5.96. The largest absolute Gasteiger partial charge is 0.490 e. The van der Waals surface area contributed by atoms with Gasteiger partial charge in [-0.2, -0.15) is 0 Å². The molecule has 2 rings (SSSR count). The van der Waals surface area contributed by atoms with E-state index in [1.807, 2.05) is 18.9 Å². The van der Waals surface area contributed by atoms with E-state index in [1.165, 1.54) is 13.2 Å². The van der Waals surface area contributed by atoms with Crippen molar-refractivity contribution in [3.05, 3.63) is 27.8 Å². The summed E-state index contributed by atoms with van der Waals surface area (Å²) in [5.41, 5.74) is 1.44. The molecule has 1 amide bonds. The molecule has 0 aromatic heterocycles. The molecule has 120 valence electrons. The van der Waals surface area contributed by atoms with Crippen LogP contribution in [0.1, 0.15) is 18.9 Å². The second kappa shape index (κ2) is 6.74. The number of fused-ring (bicyclic) bond motifs is 1. The van der Waals surface area contributed by atoms with Crippen LogP contribution in [0.25, 0.3) is 0 Å². The van der Waals surface area contributed by atoms with Crippen LogP contribution in [-0.2, 0) is 11.2 Å². The molecule has 0 unspecified atom stereocenters. The number of rotatable bonds is 5. The number of aryl methyl sites for hydroxylation is 1. The third kappa shape index (κ3) is 3.19. The highest BCUT2D eigenvalue weighted by atomic mass is 16.6. The highest BCUT2D eigenvalue weighted by Crippen LogP contribution is 2.37. The van der Waals surface area contributed by atoms with Gasteiger partial charge in [0.2, 0.25) is 5.91 Å². The number of amides is 1. The summed E-state index contributed by atoms with van der Waals surface area (Å²) < 4.78 is 5.10. The summed E-state index contributed by atoms with van der Waals surface area (Å²) >= 11 is 0. The molecule has 0 spiro atoms. The number of anilines is 1. The van der Waals surface area contributed by atoms with E-state index in [9.17, 15) is 14.9 Å². The van der Waals surface area contributed by atoms with Crippen molar-refractivity contribution in [1.29, 1.82) is 0 Å². The maximum Gasteiger partial charge on any atom is 0.313 e. The van der Waals surface area contributed by atoms with Crippen LogP contribution in [0.2, 0.25) is 0 Å². The van der Waals surface area contributed by atoms with Gasteiger partial charge in [0.15, 0.2) is 5.75 Å². The Labute approximate surface area is 129 Å². The van der Waals surface area contributed by atoms with Crippen LogP contribution in [0.15, 0.2) is 12.1 Å². The zero-order chi connectivity index (χ0) is 16.3. The summed E-state index contributed by atoms with van der Waals surface area (Å²) in [5, 5.41) is 11.2. The maximum atomic E-state index is 12.4. The number of benzene rings is 1. The van der Waals surface area contributed by atoms with E-state index in [2.05, 4.69) is 0 Å². The Morgan fingerprint density at radius 3 is 2.82 bits per heavy atom. The van der Waals surface area contributed by atoms with Crippen molar-refractivity contribution in [2.45, 2.75) is 19.8 Å². The quantitative estimate of drug-likeness (QED) is 0.613. The smallest absolute Gasteiger partial charge is 0.313 e. The number of hydrogen-bond acceptors (Lipinski definition) is 5. The maximum absolute atomic E-state index is 12.4.